The van der Waals surface area contributed by atoms with Crippen LogP contribution >= 0.6 is 0 Å². The highest BCUT2D eigenvalue weighted by molar-refractivity contribution is 5.97. The fourth-order valence-electron chi connectivity index (χ4n) is 3.20. The SMILES string of the molecule is Cc1cccc(C)c1NC(=O)CNC(=O)C1CC(=O)N(Cc2ccco2)C1. The highest BCUT2D eigenvalue weighted by Gasteiger charge is 2.34. The molecule has 27 heavy (non-hydrogen) atoms. The largest absolute Gasteiger partial charge is 0.467 e. The number of carbonyl (C=O) groups is 3. The van der Waals surface area contributed by atoms with Gasteiger partial charge in [-0.25, -0.2) is 0 Å². The Labute approximate surface area is 157 Å². The van der Waals surface area contributed by atoms with E-state index >= 15 is 0 Å². The molecule has 1 aliphatic heterocycles. The molecule has 142 valence electrons. The molecule has 3 amide bonds. The van der Waals surface area contributed by atoms with Crippen molar-refractivity contribution in [2.45, 2.75) is 26.8 Å². The summed E-state index contributed by atoms with van der Waals surface area (Å²) in [6.07, 6.45) is 1.69. The van der Waals surface area contributed by atoms with Crippen LogP contribution in [-0.4, -0.2) is 35.7 Å². The van der Waals surface area contributed by atoms with E-state index in [9.17, 15) is 14.4 Å². The second-order valence-corrected chi connectivity index (χ2v) is 6.79. The summed E-state index contributed by atoms with van der Waals surface area (Å²) in [6, 6.07) is 9.30. The van der Waals surface area contributed by atoms with Gasteiger partial charge in [-0.05, 0) is 37.1 Å². The molecule has 2 aromatic rings. The maximum Gasteiger partial charge on any atom is 0.243 e. The summed E-state index contributed by atoms with van der Waals surface area (Å²) < 4.78 is 5.25. The van der Waals surface area contributed by atoms with Crippen molar-refractivity contribution >= 4 is 23.4 Å². The van der Waals surface area contributed by atoms with E-state index in [0.717, 1.165) is 16.8 Å². The third-order valence-electron chi connectivity index (χ3n) is 4.68. The fraction of sp³-hybridized carbons (Fsp3) is 0.350. The van der Waals surface area contributed by atoms with E-state index in [4.69, 9.17) is 4.42 Å². The Bertz CT molecular complexity index is 825. The maximum absolute atomic E-state index is 12.3. The maximum atomic E-state index is 12.3. The molecule has 7 nitrogen and oxygen atoms in total. The molecule has 0 bridgehead atoms. The molecule has 0 saturated carbocycles. The van der Waals surface area contributed by atoms with Crippen molar-refractivity contribution in [2.24, 2.45) is 5.92 Å². The van der Waals surface area contributed by atoms with Gasteiger partial charge < -0.3 is 20.0 Å². The van der Waals surface area contributed by atoms with Gasteiger partial charge in [-0.1, -0.05) is 18.2 Å². The van der Waals surface area contributed by atoms with Crippen LogP contribution in [-0.2, 0) is 20.9 Å². The van der Waals surface area contributed by atoms with Crippen molar-refractivity contribution in [3.05, 3.63) is 53.5 Å². The number of aryl methyl sites for hydroxylation is 2. The highest BCUT2D eigenvalue weighted by Crippen LogP contribution is 2.21. The summed E-state index contributed by atoms with van der Waals surface area (Å²) in [7, 11) is 0. The van der Waals surface area contributed by atoms with Crippen molar-refractivity contribution in [1.29, 1.82) is 0 Å². The van der Waals surface area contributed by atoms with Gasteiger partial charge in [0.25, 0.3) is 0 Å². The van der Waals surface area contributed by atoms with Crippen molar-refractivity contribution in [1.82, 2.24) is 10.2 Å². The number of nitrogens with zero attached hydrogens (tertiary/aromatic N) is 1. The van der Waals surface area contributed by atoms with E-state index in [0.29, 0.717) is 18.8 Å². The normalized spacial score (nSPS) is 16.4. The molecule has 2 N–H and O–H groups in total. The minimum atomic E-state index is -0.458. The number of rotatable bonds is 6. The number of amides is 3. The predicted molar refractivity (Wildman–Crippen MR) is 99.8 cm³/mol. The smallest absolute Gasteiger partial charge is 0.243 e. The number of benzene rings is 1. The van der Waals surface area contributed by atoms with Crippen molar-refractivity contribution in [2.75, 3.05) is 18.4 Å². The molecular weight excluding hydrogens is 346 g/mol. The van der Waals surface area contributed by atoms with Crippen LogP contribution in [0, 0.1) is 19.8 Å². The van der Waals surface area contributed by atoms with E-state index in [2.05, 4.69) is 10.6 Å². The Balaban J connectivity index is 1.49. The van der Waals surface area contributed by atoms with E-state index in [1.807, 2.05) is 32.0 Å². The number of hydrogen-bond acceptors (Lipinski definition) is 4. The van der Waals surface area contributed by atoms with Gasteiger partial charge in [-0.3, -0.25) is 14.4 Å². The lowest BCUT2D eigenvalue weighted by molar-refractivity contribution is -0.129. The van der Waals surface area contributed by atoms with Crippen LogP contribution in [0.15, 0.2) is 41.0 Å². The summed E-state index contributed by atoms with van der Waals surface area (Å²) in [6.45, 7) is 4.37. The molecule has 0 spiro atoms. The molecule has 1 aromatic heterocycles. The first-order valence-electron chi connectivity index (χ1n) is 8.88. The molecule has 1 saturated heterocycles. The van der Waals surface area contributed by atoms with Crippen LogP contribution in [0.25, 0.3) is 0 Å². The van der Waals surface area contributed by atoms with Crippen LogP contribution in [0.2, 0.25) is 0 Å². The molecule has 2 heterocycles. The van der Waals surface area contributed by atoms with Crippen molar-refractivity contribution < 1.29 is 18.8 Å². The van der Waals surface area contributed by atoms with Gasteiger partial charge in [0.15, 0.2) is 0 Å². The van der Waals surface area contributed by atoms with Crippen molar-refractivity contribution in [3.8, 4) is 0 Å². The Hall–Kier alpha value is -3.09. The summed E-state index contributed by atoms with van der Waals surface area (Å²) in [4.78, 5) is 38.2. The summed E-state index contributed by atoms with van der Waals surface area (Å²) in [5.41, 5.74) is 2.69. The molecule has 3 rings (SSSR count). The van der Waals surface area contributed by atoms with E-state index in [1.165, 1.54) is 0 Å². The number of furan rings is 1. The summed E-state index contributed by atoms with van der Waals surface area (Å²) >= 11 is 0. The Kier molecular flexibility index (Phi) is 5.59. The molecule has 0 aliphatic carbocycles. The lowest BCUT2D eigenvalue weighted by Crippen LogP contribution is -2.38. The Morgan fingerprint density at radius 3 is 2.59 bits per heavy atom. The molecule has 0 radical (unpaired) electrons. The average Bonchev–Trinajstić information content (AvgIpc) is 3.27. The van der Waals surface area contributed by atoms with E-state index < -0.39 is 5.92 Å². The number of nitrogens with one attached hydrogen (secondary N) is 2. The standard InChI is InChI=1S/C20H23N3O4/c1-13-5-3-6-14(2)19(13)22-17(24)10-21-20(26)15-9-18(25)23(11-15)12-16-7-4-8-27-16/h3-8,15H,9-12H2,1-2H3,(H,21,26)(H,22,24). The first-order valence-corrected chi connectivity index (χ1v) is 8.88. The minimum Gasteiger partial charge on any atom is -0.467 e. The molecular formula is C20H23N3O4. The highest BCUT2D eigenvalue weighted by atomic mass is 16.3. The van der Waals surface area contributed by atoms with Crippen LogP contribution in [0.5, 0.6) is 0 Å². The second kappa shape index (κ2) is 8.07. The molecule has 1 atom stereocenters. The molecule has 1 aliphatic rings. The first-order chi connectivity index (χ1) is 12.9. The average molecular weight is 369 g/mol. The molecule has 1 fully saturated rings. The van der Waals surface area contributed by atoms with Gasteiger partial charge >= 0.3 is 0 Å². The van der Waals surface area contributed by atoms with Crippen molar-refractivity contribution in [3.63, 3.8) is 0 Å². The van der Waals surface area contributed by atoms with Gasteiger partial charge in [0.1, 0.15) is 5.76 Å². The van der Waals surface area contributed by atoms with Gasteiger partial charge in [0, 0.05) is 18.7 Å². The third-order valence-corrected chi connectivity index (χ3v) is 4.68. The molecule has 1 aromatic carbocycles. The monoisotopic (exact) mass is 369 g/mol. The molecule has 7 heteroatoms. The van der Waals surface area contributed by atoms with Crippen LogP contribution in [0.1, 0.15) is 23.3 Å². The number of para-hydroxylation sites is 1. The van der Waals surface area contributed by atoms with E-state index in [1.54, 1.807) is 23.3 Å². The van der Waals surface area contributed by atoms with Crippen LogP contribution in [0.4, 0.5) is 5.69 Å². The Morgan fingerprint density at radius 2 is 1.93 bits per heavy atom. The summed E-state index contributed by atoms with van der Waals surface area (Å²) in [5.74, 6) is -0.455. The number of carbonyl (C=O) groups excluding carboxylic acids is 3. The number of hydrogen-bond donors (Lipinski definition) is 2. The van der Waals surface area contributed by atoms with Gasteiger partial charge in [0.05, 0.1) is 25.3 Å². The van der Waals surface area contributed by atoms with Crippen LogP contribution in [0.3, 0.4) is 0 Å². The van der Waals surface area contributed by atoms with E-state index in [-0.39, 0.29) is 30.7 Å². The Morgan fingerprint density at radius 1 is 1.19 bits per heavy atom. The zero-order valence-corrected chi connectivity index (χ0v) is 15.5. The van der Waals surface area contributed by atoms with Gasteiger partial charge in [0.2, 0.25) is 17.7 Å². The predicted octanol–water partition coefficient (Wildman–Crippen LogP) is 2.00. The minimum absolute atomic E-state index is 0.0912. The van der Waals surface area contributed by atoms with Gasteiger partial charge in [-0.2, -0.15) is 0 Å². The zero-order valence-electron chi connectivity index (χ0n) is 15.5. The second-order valence-electron chi connectivity index (χ2n) is 6.79. The topological polar surface area (TPSA) is 91.7 Å². The summed E-state index contributed by atoms with van der Waals surface area (Å²) in [5, 5.41) is 5.46. The fourth-order valence-corrected chi connectivity index (χ4v) is 3.20. The van der Waals surface area contributed by atoms with Crippen LogP contribution < -0.4 is 10.6 Å². The lowest BCUT2D eigenvalue weighted by Gasteiger charge is -2.15. The molecule has 1 unspecified atom stereocenters. The number of anilines is 1. The van der Waals surface area contributed by atoms with Gasteiger partial charge in [-0.15, -0.1) is 0 Å². The third kappa shape index (κ3) is 4.55. The first kappa shape index (κ1) is 18.7. The zero-order chi connectivity index (χ0) is 19.4. The number of likely N-dealkylation sites (tertiary alicyclic amines) is 1. The quantitative estimate of drug-likeness (QED) is 0.815. The lowest BCUT2D eigenvalue weighted by atomic mass is 10.1.